The topological polar surface area (TPSA) is 67.8 Å². The Kier molecular flexibility index (Phi) is 5.85. The molecule has 0 spiro atoms. The third-order valence-corrected chi connectivity index (χ3v) is 4.82. The number of hydrogen-bond acceptors (Lipinski definition) is 4. The minimum Gasteiger partial charge on any atom is -0.422 e. The Morgan fingerprint density at radius 2 is 1.52 bits per heavy atom. The fraction of sp³-hybridized carbons (Fsp3) is 0.0385. The van der Waals surface area contributed by atoms with Crippen LogP contribution in [0, 0.1) is 6.92 Å². The van der Waals surface area contributed by atoms with Gasteiger partial charge < -0.3 is 4.74 Å². The van der Waals surface area contributed by atoms with Gasteiger partial charge in [-0.05, 0) is 48.0 Å². The summed E-state index contributed by atoms with van der Waals surface area (Å²) in [5, 5.41) is 5.94. The summed E-state index contributed by atoms with van der Waals surface area (Å²) in [4.78, 5) is 24.9. The van der Waals surface area contributed by atoms with Gasteiger partial charge >= 0.3 is 5.97 Å². The van der Waals surface area contributed by atoms with E-state index in [1.807, 2.05) is 55.5 Å². The number of nitrogens with zero attached hydrogens (tertiary/aromatic N) is 1. The molecule has 0 aliphatic heterocycles. The molecule has 0 radical (unpaired) electrons. The zero-order chi connectivity index (χ0) is 21.6. The molecular formula is C26H20N2O3. The lowest BCUT2D eigenvalue weighted by Gasteiger charge is -2.10. The summed E-state index contributed by atoms with van der Waals surface area (Å²) in [6.45, 7) is 1.96. The highest BCUT2D eigenvalue weighted by Gasteiger charge is 2.13. The fourth-order valence-corrected chi connectivity index (χ4v) is 3.16. The lowest BCUT2D eigenvalue weighted by atomic mass is 10.0. The summed E-state index contributed by atoms with van der Waals surface area (Å²) in [7, 11) is 0. The maximum atomic E-state index is 12.6. The number of hydrazone groups is 1. The average Bonchev–Trinajstić information content (AvgIpc) is 2.81. The Bertz CT molecular complexity index is 1260. The van der Waals surface area contributed by atoms with Gasteiger partial charge in [0.05, 0.1) is 11.8 Å². The molecular weight excluding hydrogens is 388 g/mol. The van der Waals surface area contributed by atoms with Crippen molar-refractivity contribution in [1.82, 2.24) is 5.43 Å². The van der Waals surface area contributed by atoms with Gasteiger partial charge in [0.2, 0.25) is 0 Å². The van der Waals surface area contributed by atoms with Gasteiger partial charge in [0, 0.05) is 11.1 Å². The summed E-state index contributed by atoms with van der Waals surface area (Å²) >= 11 is 0. The molecule has 4 rings (SSSR count). The highest BCUT2D eigenvalue weighted by atomic mass is 16.5. The number of esters is 1. The Balaban J connectivity index is 1.62. The van der Waals surface area contributed by atoms with E-state index in [0.717, 1.165) is 16.3 Å². The summed E-state index contributed by atoms with van der Waals surface area (Å²) in [6.07, 6.45) is 1.50. The van der Waals surface area contributed by atoms with Gasteiger partial charge in [-0.2, -0.15) is 5.10 Å². The van der Waals surface area contributed by atoms with Crippen LogP contribution < -0.4 is 10.2 Å². The number of fused-ring (bicyclic) bond motifs is 1. The minimum absolute atomic E-state index is 0.320. The number of benzene rings is 4. The third-order valence-electron chi connectivity index (χ3n) is 4.82. The van der Waals surface area contributed by atoms with Gasteiger partial charge in [-0.25, -0.2) is 10.2 Å². The Labute approximate surface area is 180 Å². The van der Waals surface area contributed by atoms with Gasteiger partial charge in [-0.15, -0.1) is 0 Å². The molecule has 5 nitrogen and oxygen atoms in total. The molecule has 0 saturated heterocycles. The summed E-state index contributed by atoms with van der Waals surface area (Å²) in [5.41, 5.74) is 5.17. The second-order valence-electron chi connectivity index (χ2n) is 7.02. The fourth-order valence-electron chi connectivity index (χ4n) is 3.16. The van der Waals surface area contributed by atoms with E-state index in [0.29, 0.717) is 22.4 Å². The Morgan fingerprint density at radius 1 is 0.806 bits per heavy atom. The van der Waals surface area contributed by atoms with Crippen LogP contribution in [0.25, 0.3) is 10.8 Å². The molecule has 0 aliphatic rings. The van der Waals surface area contributed by atoms with Gasteiger partial charge in [0.1, 0.15) is 5.75 Å². The molecule has 31 heavy (non-hydrogen) atoms. The number of amides is 1. The van der Waals surface area contributed by atoms with Gasteiger partial charge in [-0.1, -0.05) is 66.2 Å². The maximum absolute atomic E-state index is 12.6. The van der Waals surface area contributed by atoms with E-state index in [1.165, 1.54) is 6.21 Å². The van der Waals surface area contributed by atoms with Crippen molar-refractivity contribution in [2.45, 2.75) is 6.92 Å². The smallest absolute Gasteiger partial charge is 0.343 e. The van der Waals surface area contributed by atoms with Crippen LogP contribution in [0.5, 0.6) is 5.75 Å². The second-order valence-corrected chi connectivity index (χ2v) is 7.02. The van der Waals surface area contributed by atoms with Crippen LogP contribution >= 0.6 is 0 Å². The second kappa shape index (κ2) is 9.05. The number of carbonyl (C=O) groups excluding carboxylic acids is 2. The van der Waals surface area contributed by atoms with Crippen LogP contribution in [0.4, 0.5) is 0 Å². The molecule has 0 bridgehead atoms. The zero-order valence-electron chi connectivity index (χ0n) is 16.9. The van der Waals surface area contributed by atoms with Gasteiger partial charge in [0.25, 0.3) is 5.91 Å². The van der Waals surface area contributed by atoms with Crippen molar-refractivity contribution in [2.75, 3.05) is 0 Å². The van der Waals surface area contributed by atoms with Crippen LogP contribution in [0.15, 0.2) is 96.1 Å². The Morgan fingerprint density at radius 3 is 2.29 bits per heavy atom. The minimum atomic E-state index is -0.464. The van der Waals surface area contributed by atoms with Crippen molar-refractivity contribution in [2.24, 2.45) is 5.10 Å². The SMILES string of the molecule is Cc1ccc(C(=O)N/N=C\c2c(OC(=O)c3ccccc3)ccc3ccccc23)cc1. The Hall–Kier alpha value is -4.25. The molecule has 0 heterocycles. The van der Waals surface area contributed by atoms with Crippen molar-refractivity contribution in [3.05, 3.63) is 113 Å². The predicted octanol–water partition coefficient (Wildman–Crippen LogP) is 5.13. The third kappa shape index (κ3) is 4.67. The van der Waals surface area contributed by atoms with Crippen molar-refractivity contribution in [1.29, 1.82) is 0 Å². The van der Waals surface area contributed by atoms with E-state index in [2.05, 4.69) is 10.5 Å². The monoisotopic (exact) mass is 408 g/mol. The number of rotatable bonds is 5. The molecule has 152 valence electrons. The van der Waals surface area contributed by atoms with Crippen molar-refractivity contribution in [3.8, 4) is 5.75 Å². The number of hydrogen-bond donors (Lipinski definition) is 1. The first-order valence-corrected chi connectivity index (χ1v) is 9.81. The molecule has 4 aromatic carbocycles. The largest absolute Gasteiger partial charge is 0.422 e. The molecule has 0 unspecified atom stereocenters. The first kappa shape index (κ1) is 20.0. The average molecular weight is 408 g/mol. The lowest BCUT2D eigenvalue weighted by Crippen LogP contribution is -2.17. The first-order valence-electron chi connectivity index (χ1n) is 9.81. The summed E-state index contributed by atoms with van der Waals surface area (Å²) < 4.78 is 5.65. The summed E-state index contributed by atoms with van der Waals surface area (Å²) in [6, 6.07) is 27.3. The standard InChI is InChI=1S/C26H20N2O3/c1-18-11-13-20(14-12-18)25(29)28-27-17-23-22-10-6-5-7-19(22)15-16-24(23)31-26(30)21-8-3-2-4-9-21/h2-17H,1H3,(H,28,29)/b27-17-. The van der Waals surface area contributed by atoms with Crippen molar-refractivity contribution in [3.63, 3.8) is 0 Å². The van der Waals surface area contributed by atoms with Crippen LogP contribution in [-0.2, 0) is 0 Å². The zero-order valence-corrected chi connectivity index (χ0v) is 16.9. The first-order chi connectivity index (χ1) is 15.1. The predicted molar refractivity (Wildman–Crippen MR) is 122 cm³/mol. The molecule has 0 fully saturated rings. The molecule has 0 aromatic heterocycles. The number of aryl methyl sites for hydroxylation is 1. The highest BCUT2D eigenvalue weighted by molar-refractivity contribution is 6.04. The lowest BCUT2D eigenvalue weighted by molar-refractivity contribution is 0.0734. The molecule has 5 heteroatoms. The number of ether oxygens (including phenoxy) is 1. The van der Waals surface area contributed by atoms with Crippen LogP contribution in [0.1, 0.15) is 31.8 Å². The number of nitrogens with one attached hydrogen (secondary N) is 1. The van der Waals surface area contributed by atoms with E-state index in [4.69, 9.17) is 4.74 Å². The van der Waals surface area contributed by atoms with Crippen molar-refractivity contribution >= 4 is 28.9 Å². The van der Waals surface area contributed by atoms with E-state index in [9.17, 15) is 9.59 Å². The molecule has 1 amide bonds. The van der Waals surface area contributed by atoms with E-state index >= 15 is 0 Å². The molecule has 0 saturated carbocycles. The van der Waals surface area contributed by atoms with Crippen molar-refractivity contribution < 1.29 is 14.3 Å². The van der Waals surface area contributed by atoms with E-state index in [-0.39, 0.29) is 5.91 Å². The van der Waals surface area contributed by atoms with Gasteiger partial charge in [0.15, 0.2) is 0 Å². The summed E-state index contributed by atoms with van der Waals surface area (Å²) in [5.74, 6) is -0.422. The molecule has 4 aromatic rings. The quantitative estimate of drug-likeness (QED) is 0.215. The normalized spacial score (nSPS) is 10.9. The van der Waals surface area contributed by atoms with Crippen LogP contribution in [0.3, 0.4) is 0 Å². The molecule has 1 N–H and O–H groups in total. The van der Waals surface area contributed by atoms with E-state index in [1.54, 1.807) is 42.5 Å². The maximum Gasteiger partial charge on any atom is 0.343 e. The van der Waals surface area contributed by atoms with Gasteiger partial charge in [-0.3, -0.25) is 4.79 Å². The van der Waals surface area contributed by atoms with E-state index < -0.39 is 5.97 Å². The molecule has 0 atom stereocenters. The number of carbonyl (C=O) groups is 2. The van der Waals surface area contributed by atoms with Crippen LogP contribution in [0.2, 0.25) is 0 Å². The highest BCUT2D eigenvalue weighted by Crippen LogP contribution is 2.27. The van der Waals surface area contributed by atoms with Crippen LogP contribution in [-0.4, -0.2) is 18.1 Å². The molecule has 0 aliphatic carbocycles.